The van der Waals surface area contributed by atoms with Crippen molar-refractivity contribution in [1.29, 1.82) is 0 Å². The predicted molar refractivity (Wildman–Crippen MR) is 83.7 cm³/mol. The average Bonchev–Trinajstić information content (AvgIpc) is 2.88. The molecule has 0 radical (unpaired) electrons. The van der Waals surface area contributed by atoms with E-state index in [2.05, 4.69) is 28.4 Å². The summed E-state index contributed by atoms with van der Waals surface area (Å²) in [7, 11) is 0. The maximum absolute atomic E-state index is 12.1. The van der Waals surface area contributed by atoms with Gasteiger partial charge in [-0.15, -0.1) is 23.1 Å². The van der Waals surface area contributed by atoms with E-state index in [0.717, 1.165) is 12.1 Å². The molecule has 0 saturated carbocycles. The van der Waals surface area contributed by atoms with Crippen LogP contribution in [0.1, 0.15) is 24.9 Å². The van der Waals surface area contributed by atoms with E-state index in [1.54, 1.807) is 35.6 Å². The summed E-state index contributed by atoms with van der Waals surface area (Å²) in [5.41, 5.74) is 2.24. The van der Waals surface area contributed by atoms with Crippen LogP contribution in [0, 0.1) is 0 Å². The number of nitrogens with one attached hydrogen (secondary N) is 1. The molecule has 0 amide bonds. The number of alkyl halides is 2. The maximum atomic E-state index is 12.1. The molecule has 2 heterocycles. The Morgan fingerprint density at radius 3 is 2.71 bits per heavy atom. The second-order valence-corrected chi connectivity index (χ2v) is 7.55. The topological polar surface area (TPSA) is 21.3 Å². The molecule has 2 nitrogen and oxygen atoms in total. The highest BCUT2D eigenvalue weighted by atomic mass is 32.2. The van der Waals surface area contributed by atoms with Crippen LogP contribution in [0.15, 0.2) is 39.9 Å². The summed E-state index contributed by atoms with van der Waals surface area (Å²) in [5, 5.41) is 6.16. The number of halogens is 2. The Morgan fingerprint density at radius 2 is 2.00 bits per heavy atom. The number of hydrogen-bond acceptors (Lipinski definition) is 4. The van der Waals surface area contributed by atoms with Gasteiger partial charge in [-0.2, -0.15) is 8.78 Å². The molecule has 1 aliphatic heterocycles. The minimum absolute atomic E-state index is 0.180. The van der Waals surface area contributed by atoms with Gasteiger partial charge in [0, 0.05) is 10.9 Å². The van der Waals surface area contributed by atoms with Crippen LogP contribution >= 0.6 is 23.1 Å². The van der Waals surface area contributed by atoms with Crippen molar-refractivity contribution in [3.63, 3.8) is 0 Å². The summed E-state index contributed by atoms with van der Waals surface area (Å²) < 4.78 is 30.0. The van der Waals surface area contributed by atoms with Crippen LogP contribution in [0.4, 0.5) is 14.5 Å². The Kier molecular flexibility index (Phi) is 4.35. The van der Waals surface area contributed by atoms with E-state index >= 15 is 0 Å². The molecule has 112 valence electrons. The minimum atomic E-state index is -2.78. The van der Waals surface area contributed by atoms with Gasteiger partial charge in [0.15, 0.2) is 0 Å². The minimum Gasteiger partial charge on any atom is -0.435 e. The van der Waals surface area contributed by atoms with Crippen molar-refractivity contribution < 1.29 is 13.5 Å². The number of fused-ring (bicyclic) bond motifs is 1. The molecule has 0 aliphatic carbocycles. The number of ether oxygens (including phenoxy) is 1. The zero-order valence-corrected chi connectivity index (χ0v) is 13.0. The van der Waals surface area contributed by atoms with E-state index < -0.39 is 6.61 Å². The lowest BCUT2D eigenvalue weighted by molar-refractivity contribution is -0.0498. The zero-order chi connectivity index (χ0) is 14.8. The van der Waals surface area contributed by atoms with Crippen LogP contribution in [0.25, 0.3) is 0 Å². The smallest absolute Gasteiger partial charge is 0.387 e. The van der Waals surface area contributed by atoms with Gasteiger partial charge < -0.3 is 10.1 Å². The first-order valence-electron chi connectivity index (χ1n) is 6.67. The van der Waals surface area contributed by atoms with E-state index in [0.29, 0.717) is 5.25 Å². The second-order valence-electron chi connectivity index (χ2n) is 4.93. The lowest BCUT2D eigenvalue weighted by Crippen LogP contribution is -2.18. The third kappa shape index (κ3) is 3.49. The highest BCUT2D eigenvalue weighted by Gasteiger charge is 2.26. The third-order valence-corrected chi connectivity index (χ3v) is 5.67. The molecular formula is C15H15F2NOS2. The van der Waals surface area contributed by atoms with Gasteiger partial charge in [-0.25, -0.2) is 0 Å². The van der Waals surface area contributed by atoms with Crippen molar-refractivity contribution in [2.24, 2.45) is 0 Å². The molecule has 3 rings (SSSR count). The summed E-state index contributed by atoms with van der Waals surface area (Å²) in [5.74, 6) is 0.180. The monoisotopic (exact) mass is 327 g/mol. The second kappa shape index (κ2) is 6.23. The fourth-order valence-corrected chi connectivity index (χ4v) is 4.99. The molecule has 1 aliphatic rings. The van der Waals surface area contributed by atoms with Gasteiger partial charge in [-0.3, -0.25) is 0 Å². The Labute approximate surface area is 130 Å². The molecule has 1 unspecified atom stereocenters. The van der Waals surface area contributed by atoms with Crippen molar-refractivity contribution in [3.8, 4) is 5.75 Å². The molecule has 1 aromatic carbocycles. The Bertz CT molecular complexity index is 600. The molecule has 21 heavy (non-hydrogen) atoms. The summed E-state index contributed by atoms with van der Waals surface area (Å²) in [6, 6.07) is 9.09. The van der Waals surface area contributed by atoms with E-state index in [1.807, 2.05) is 11.8 Å². The van der Waals surface area contributed by atoms with Crippen LogP contribution in [-0.4, -0.2) is 11.9 Å². The van der Waals surface area contributed by atoms with Crippen LogP contribution in [0.3, 0.4) is 0 Å². The number of benzene rings is 1. The first kappa shape index (κ1) is 14.7. The van der Waals surface area contributed by atoms with Gasteiger partial charge in [0.25, 0.3) is 0 Å². The summed E-state index contributed by atoms with van der Waals surface area (Å²) in [4.78, 5) is 0. The molecule has 0 bridgehead atoms. The van der Waals surface area contributed by atoms with Crippen LogP contribution < -0.4 is 10.1 Å². The van der Waals surface area contributed by atoms with Crippen LogP contribution in [0.5, 0.6) is 5.75 Å². The number of anilines is 1. The predicted octanol–water partition coefficient (Wildman–Crippen LogP) is 5.39. The SMILES string of the molecule is C[C@H]1CC(Nc2ccc(OC(F)F)cc2)c2ccsc2S1. The van der Waals surface area contributed by atoms with Gasteiger partial charge in [-0.05, 0) is 47.7 Å². The van der Waals surface area contributed by atoms with Gasteiger partial charge in [-0.1, -0.05) is 6.92 Å². The third-order valence-electron chi connectivity index (χ3n) is 3.33. The molecule has 0 spiro atoms. The summed E-state index contributed by atoms with van der Waals surface area (Å²) in [6.45, 7) is -0.560. The molecule has 1 N–H and O–H groups in total. The Hall–Kier alpha value is -1.27. The average molecular weight is 327 g/mol. The first-order valence-corrected chi connectivity index (χ1v) is 8.43. The largest absolute Gasteiger partial charge is 0.435 e. The standard InChI is InChI=1S/C15H15F2NOS2/c1-9-8-13(12-6-7-20-14(12)21-9)18-10-2-4-11(5-3-10)19-15(16)17/h2-7,9,13,15,18H,8H2,1H3/t9-,13?/m0/s1. The molecule has 6 heteroatoms. The number of thioether (sulfide) groups is 1. The Morgan fingerprint density at radius 1 is 1.24 bits per heavy atom. The lowest BCUT2D eigenvalue weighted by Gasteiger charge is -2.28. The molecule has 2 aromatic rings. The number of rotatable bonds is 4. The lowest BCUT2D eigenvalue weighted by atomic mass is 10.0. The van der Waals surface area contributed by atoms with Crippen LogP contribution in [0.2, 0.25) is 0 Å². The van der Waals surface area contributed by atoms with E-state index in [9.17, 15) is 8.78 Å². The fourth-order valence-electron chi connectivity index (χ4n) is 2.42. The van der Waals surface area contributed by atoms with Gasteiger partial charge in [0.1, 0.15) is 5.75 Å². The van der Waals surface area contributed by atoms with E-state index in [1.165, 1.54) is 9.77 Å². The normalized spacial score (nSPS) is 21.1. The highest BCUT2D eigenvalue weighted by molar-refractivity contribution is 8.01. The molecule has 0 saturated heterocycles. The maximum Gasteiger partial charge on any atom is 0.387 e. The fraction of sp³-hybridized carbons (Fsp3) is 0.333. The quantitative estimate of drug-likeness (QED) is 0.814. The first-order chi connectivity index (χ1) is 10.1. The Balaban J connectivity index is 1.72. The van der Waals surface area contributed by atoms with E-state index in [4.69, 9.17) is 0 Å². The van der Waals surface area contributed by atoms with Gasteiger partial charge in [0.2, 0.25) is 0 Å². The van der Waals surface area contributed by atoms with Crippen molar-refractivity contribution in [1.82, 2.24) is 0 Å². The molecule has 2 atom stereocenters. The highest BCUT2D eigenvalue weighted by Crippen LogP contribution is 2.44. The van der Waals surface area contributed by atoms with E-state index in [-0.39, 0.29) is 11.8 Å². The summed E-state index contributed by atoms with van der Waals surface area (Å²) >= 11 is 3.69. The van der Waals surface area contributed by atoms with Gasteiger partial charge >= 0.3 is 6.61 Å². The van der Waals surface area contributed by atoms with Crippen molar-refractivity contribution in [3.05, 3.63) is 41.3 Å². The zero-order valence-electron chi connectivity index (χ0n) is 11.4. The summed E-state index contributed by atoms with van der Waals surface area (Å²) in [6.07, 6.45) is 1.05. The molecule has 0 fully saturated rings. The molecule has 1 aromatic heterocycles. The van der Waals surface area contributed by atoms with Crippen molar-refractivity contribution in [2.75, 3.05) is 5.32 Å². The van der Waals surface area contributed by atoms with Crippen molar-refractivity contribution in [2.45, 2.75) is 35.5 Å². The number of hydrogen-bond donors (Lipinski definition) is 1. The molecular weight excluding hydrogens is 312 g/mol. The van der Waals surface area contributed by atoms with Crippen LogP contribution in [-0.2, 0) is 0 Å². The van der Waals surface area contributed by atoms with Crippen molar-refractivity contribution >= 4 is 28.8 Å². The van der Waals surface area contributed by atoms with Gasteiger partial charge in [0.05, 0.1) is 10.3 Å². The number of thiophene rings is 1.